The fraction of sp³-hybridized carbons (Fsp3) is 0.191. The van der Waals surface area contributed by atoms with Crippen LogP contribution in [0.2, 0.25) is 0 Å². The molecule has 7 aromatic rings. The summed E-state index contributed by atoms with van der Waals surface area (Å²) in [5, 5.41) is 2.58. The predicted octanol–water partition coefficient (Wildman–Crippen LogP) is 13.4. The van der Waals surface area contributed by atoms with Crippen LogP contribution in [-0.2, 0) is 5.41 Å². The summed E-state index contributed by atoms with van der Waals surface area (Å²) in [6.45, 7) is 8.00. The van der Waals surface area contributed by atoms with Crippen LogP contribution in [0.25, 0.3) is 49.6 Å². The molecular weight excluding hydrogens is 579 g/mol. The maximum absolute atomic E-state index is 3.59. The van der Waals surface area contributed by atoms with E-state index in [9.17, 15) is 0 Å². The number of H-pyrrole nitrogens is 1. The number of aromatic nitrogens is 1. The van der Waals surface area contributed by atoms with Gasteiger partial charge in [0.2, 0.25) is 0 Å². The first-order chi connectivity index (χ1) is 23.8. The van der Waals surface area contributed by atoms with Gasteiger partial charge in [0.05, 0.1) is 5.41 Å². The van der Waals surface area contributed by atoms with Crippen LogP contribution in [0.4, 0.5) is 0 Å². The van der Waals surface area contributed by atoms with Crippen LogP contribution >= 0.6 is 0 Å². The molecule has 1 N–H and O–H groups in total. The monoisotopic (exact) mass is 623 g/mol. The number of rotatable bonds is 1. The number of hydrogen-bond acceptors (Lipinski definition) is 0. The van der Waals surface area contributed by atoms with E-state index in [0.29, 0.717) is 0 Å². The Kier molecular flexibility index (Phi) is 8.87. The smallest absolute Gasteiger partial charge is 0.0685 e. The highest BCUT2D eigenvalue weighted by Crippen LogP contribution is 2.64. The highest BCUT2D eigenvalue weighted by atomic mass is 14.7. The molecule has 1 unspecified atom stereocenters. The summed E-state index contributed by atoms with van der Waals surface area (Å²) in [5.41, 5.74) is 16.8. The van der Waals surface area contributed by atoms with E-state index in [1.807, 2.05) is 64.1 Å². The van der Waals surface area contributed by atoms with Crippen molar-refractivity contribution in [2.45, 2.75) is 58.8 Å². The van der Waals surface area contributed by atoms with Crippen molar-refractivity contribution in [1.82, 2.24) is 4.98 Å². The number of allylic oxidation sites excluding steroid dienone is 2. The number of nitrogens with one attached hydrogen (secondary N) is 1. The largest absolute Gasteiger partial charge is 0.355 e. The first-order valence-electron chi connectivity index (χ1n) is 17.9. The van der Waals surface area contributed by atoms with Gasteiger partial charge in [-0.2, -0.15) is 0 Å². The molecule has 0 bridgehead atoms. The van der Waals surface area contributed by atoms with Crippen LogP contribution in [0.1, 0.15) is 75.6 Å². The number of para-hydroxylation sites is 1. The van der Waals surface area contributed by atoms with Crippen molar-refractivity contribution in [2.24, 2.45) is 0 Å². The lowest BCUT2D eigenvalue weighted by molar-refractivity contribution is 0.642. The molecule has 1 heterocycles. The second-order valence-electron chi connectivity index (χ2n) is 12.4. The lowest BCUT2D eigenvalue weighted by Gasteiger charge is -2.34. The zero-order valence-corrected chi connectivity index (χ0v) is 28.7. The Labute approximate surface area is 286 Å². The first kappa shape index (κ1) is 31.5. The van der Waals surface area contributed by atoms with Crippen molar-refractivity contribution in [2.75, 3.05) is 0 Å². The van der Waals surface area contributed by atoms with E-state index in [1.54, 1.807) is 11.1 Å². The van der Waals surface area contributed by atoms with Gasteiger partial charge in [0, 0.05) is 21.8 Å². The van der Waals surface area contributed by atoms with Gasteiger partial charge in [0.25, 0.3) is 0 Å². The summed E-state index contributed by atoms with van der Waals surface area (Å²) in [4.78, 5) is 3.59. The molecule has 3 aliphatic carbocycles. The average Bonchev–Trinajstić information content (AvgIpc) is 3.81. The van der Waals surface area contributed by atoms with Gasteiger partial charge in [0.1, 0.15) is 0 Å². The molecule has 1 aromatic heterocycles. The van der Waals surface area contributed by atoms with Crippen LogP contribution in [0.5, 0.6) is 0 Å². The van der Waals surface area contributed by atoms with Crippen LogP contribution in [0.15, 0.2) is 151 Å². The fourth-order valence-corrected chi connectivity index (χ4v) is 8.34. The van der Waals surface area contributed by atoms with Crippen molar-refractivity contribution in [3.05, 3.63) is 173 Å². The Hall–Kier alpha value is -5.14. The summed E-state index contributed by atoms with van der Waals surface area (Å²) in [5.74, 6) is 0. The number of fused-ring (bicyclic) bond motifs is 12. The lowest BCUT2D eigenvalue weighted by atomic mass is 9.67. The standard InChI is InChI=1S/C37H27N.C6H6.2C2H6/c1-5-13-31-25(9-1)26-10-2-6-14-32(26)37(31)33-15-7-3-11-27(33)28-19-17-24(22-34(28)37)23-18-20-36-30(21-23)29-12-4-8-16-35(29)38-36;1-2-4-6-5-3-1;2*1-2/h1,3-5,7-9,11-13,15-22,38H,2,6,10,14H2;1-6H;2*1-2H3. The third kappa shape index (κ3) is 4.92. The Morgan fingerprint density at radius 2 is 0.979 bits per heavy atom. The third-order valence-electron chi connectivity index (χ3n) is 10.1. The van der Waals surface area contributed by atoms with Crippen LogP contribution in [0, 0.1) is 0 Å². The lowest BCUT2D eigenvalue weighted by Crippen LogP contribution is -2.28. The molecule has 0 radical (unpaired) electrons. The van der Waals surface area contributed by atoms with E-state index in [0.717, 1.165) is 0 Å². The van der Waals surface area contributed by atoms with Crippen molar-refractivity contribution in [3.63, 3.8) is 0 Å². The molecule has 0 aliphatic heterocycles. The molecule has 0 amide bonds. The summed E-state index contributed by atoms with van der Waals surface area (Å²) in [6, 6.07) is 53.2. The molecule has 238 valence electrons. The molecule has 0 saturated carbocycles. The van der Waals surface area contributed by atoms with E-state index < -0.39 is 0 Å². The summed E-state index contributed by atoms with van der Waals surface area (Å²) in [7, 11) is 0. The summed E-state index contributed by atoms with van der Waals surface area (Å²) in [6.07, 6.45) is 4.96. The minimum Gasteiger partial charge on any atom is -0.355 e. The average molecular weight is 624 g/mol. The molecule has 0 fully saturated rings. The third-order valence-corrected chi connectivity index (χ3v) is 10.1. The SMILES string of the molecule is CC.CC.c1ccc2c(c1)C1=C(CCCC1)C21c2ccccc2-c2ccc(-c3ccc4[nH]c5ccccc5c4c3)cc21.c1ccccc1. The number of benzene rings is 6. The highest BCUT2D eigenvalue weighted by molar-refractivity contribution is 6.08. The molecule has 0 saturated heterocycles. The topological polar surface area (TPSA) is 15.8 Å². The zero-order valence-electron chi connectivity index (χ0n) is 28.7. The van der Waals surface area contributed by atoms with Crippen LogP contribution in [-0.4, -0.2) is 4.98 Å². The van der Waals surface area contributed by atoms with Crippen LogP contribution in [0.3, 0.4) is 0 Å². The Bertz CT molecular complexity index is 2200. The minimum atomic E-state index is -0.167. The molecule has 6 aromatic carbocycles. The van der Waals surface area contributed by atoms with Crippen molar-refractivity contribution in [3.8, 4) is 22.3 Å². The predicted molar refractivity (Wildman–Crippen MR) is 208 cm³/mol. The molecule has 1 nitrogen and oxygen atoms in total. The van der Waals surface area contributed by atoms with E-state index in [1.165, 1.54) is 92.0 Å². The molecule has 1 heteroatoms. The number of hydrogen-bond donors (Lipinski definition) is 1. The Balaban J connectivity index is 0.000000323. The summed E-state index contributed by atoms with van der Waals surface area (Å²) >= 11 is 0. The molecule has 48 heavy (non-hydrogen) atoms. The van der Waals surface area contributed by atoms with Gasteiger partial charge >= 0.3 is 0 Å². The normalized spacial score (nSPS) is 16.4. The summed E-state index contributed by atoms with van der Waals surface area (Å²) < 4.78 is 0. The van der Waals surface area contributed by atoms with E-state index >= 15 is 0 Å². The zero-order chi connectivity index (χ0) is 33.1. The molecular formula is C47H45N. The van der Waals surface area contributed by atoms with E-state index in [4.69, 9.17) is 0 Å². The molecule has 1 spiro atoms. The van der Waals surface area contributed by atoms with E-state index in [-0.39, 0.29) is 5.41 Å². The van der Waals surface area contributed by atoms with Gasteiger partial charge in [-0.25, -0.2) is 0 Å². The quantitative estimate of drug-likeness (QED) is 0.187. The second-order valence-corrected chi connectivity index (χ2v) is 12.4. The van der Waals surface area contributed by atoms with Crippen LogP contribution < -0.4 is 0 Å². The maximum Gasteiger partial charge on any atom is 0.0685 e. The van der Waals surface area contributed by atoms with Crippen molar-refractivity contribution >= 4 is 27.4 Å². The van der Waals surface area contributed by atoms with Gasteiger partial charge in [-0.05, 0) is 106 Å². The fourth-order valence-electron chi connectivity index (χ4n) is 8.34. The molecule has 10 rings (SSSR count). The van der Waals surface area contributed by atoms with E-state index in [2.05, 4.69) is 114 Å². The maximum atomic E-state index is 3.59. The minimum absolute atomic E-state index is 0.167. The second kappa shape index (κ2) is 13.5. The van der Waals surface area contributed by atoms with Crippen molar-refractivity contribution in [1.29, 1.82) is 0 Å². The first-order valence-corrected chi connectivity index (χ1v) is 17.9. The number of aromatic amines is 1. The van der Waals surface area contributed by atoms with Crippen molar-refractivity contribution < 1.29 is 0 Å². The highest BCUT2D eigenvalue weighted by Gasteiger charge is 2.52. The van der Waals surface area contributed by atoms with Gasteiger partial charge in [-0.3, -0.25) is 0 Å². The molecule has 3 aliphatic rings. The van der Waals surface area contributed by atoms with Gasteiger partial charge in [0.15, 0.2) is 0 Å². The van der Waals surface area contributed by atoms with Gasteiger partial charge in [-0.1, -0.05) is 149 Å². The molecule has 1 atom stereocenters. The van der Waals surface area contributed by atoms with Gasteiger partial charge < -0.3 is 4.98 Å². The van der Waals surface area contributed by atoms with Gasteiger partial charge in [-0.15, -0.1) is 0 Å². The Morgan fingerprint density at radius 1 is 0.438 bits per heavy atom. The Morgan fingerprint density at radius 3 is 1.73 bits per heavy atom.